The first-order chi connectivity index (χ1) is 11.8. The largest absolute Gasteiger partial charge is 0.606 e. The van der Waals surface area contributed by atoms with E-state index in [0.29, 0.717) is 11.1 Å². The van der Waals surface area contributed by atoms with Crippen molar-refractivity contribution in [3.05, 3.63) is 79.9 Å². The van der Waals surface area contributed by atoms with Gasteiger partial charge in [0.15, 0.2) is 12.2 Å². The second-order valence-corrected chi connectivity index (χ2v) is 6.58. The number of hydrogen-bond acceptors (Lipinski definition) is 8. The maximum atomic E-state index is 11.8. The Morgan fingerprint density at radius 1 is 0.800 bits per heavy atom. The summed E-state index contributed by atoms with van der Waals surface area (Å²) in [6, 6.07) is 10.6. The first kappa shape index (κ1) is 17.3. The molecule has 0 spiro atoms. The lowest BCUT2D eigenvalue weighted by Crippen LogP contribution is -2.07. The van der Waals surface area contributed by atoms with Crippen molar-refractivity contribution in [2.75, 3.05) is 0 Å². The number of nitro benzene ring substituents is 2. The summed E-state index contributed by atoms with van der Waals surface area (Å²) in [6.07, 6.45) is -1.98. The van der Waals surface area contributed by atoms with E-state index in [1.165, 1.54) is 48.5 Å². The molecule has 1 saturated heterocycles. The normalized spacial score (nSPS) is 25.7. The molecule has 2 aromatic rings. The standard InChI is InChI=1S/C14H11N2O8P/c17-15(18)11-5-1-9(2-6-11)13-14(24-25(21,22)23-13)10-3-7-12(8-4-10)16(19)20/h1-8,13-14H,(H,21,22). The Morgan fingerprint density at radius 2 is 1.12 bits per heavy atom. The number of nitro groups is 2. The molecule has 1 fully saturated rings. The Morgan fingerprint density at radius 3 is 1.40 bits per heavy atom. The third-order valence-electron chi connectivity index (χ3n) is 3.63. The number of rotatable bonds is 4. The van der Waals surface area contributed by atoms with Crippen molar-refractivity contribution in [1.29, 1.82) is 0 Å². The topological polar surface area (TPSA) is 148 Å². The summed E-state index contributed by atoms with van der Waals surface area (Å²) in [6.45, 7) is 0. The Balaban J connectivity index is 1.93. The Kier molecular flexibility index (Phi) is 4.46. The van der Waals surface area contributed by atoms with Gasteiger partial charge in [0.05, 0.1) is 9.85 Å². The van der Waals surface area contributed by atoms with Crippen LogP contribution < -0.4 is 4.89 Å². The van der Waals surface area contributed by atoms with E-state index < -0.39 is 30.2 Å². The summed E-state index contributed by atoms with van der Waals surface area (Å²) in [5.41, 5.74) is 0.532. The van der Waals surface area contributed by atoms with E-state index in [1.54, 1.807) is 0 Å². The van der Waals surface area contributed by atoms with Gasteiger partial charge in [-0.2, -0.15) is 13.9 Å². The van der Waals surface area contributed by atoms with Gasteiger partial charge < -0.3 is 4.89 Å². The minimum atomic E-state index is -4.32. The number of benzene rings is 2. The molecule has 0 aromatic heterocycles. The molecule has 10 nitrogen and oxygen atoms in total. The van der Waals surface area contributed by atoms with Crippen molar-refractivity contribution < 1.29 is 28.7 Å². The van der Waals surface area contributed by atoms with Crippen LogP contribution >= 0.6 is 8.17 Å². The van der Waals surface area contributed by atoms with Gasteiger partial charge in [-0.05, 0) is 35.4 Å². The number of nitrogens with zero attached hydrogens (tertiary/aromatic N) is 2. The molecule has 2 atom stereocenters. The minimum Gasteiger partial charge on any atom is -0.606 e. The molecule has 2 unspecified atom stereocenters. The zero-order valence-corrected chi connectivity index (χ0v) is 13.3. The fraction of sp³-hybridized carbons (Fsp3) is 0.143. The van der Waals surface area contributed by atoms with Crippen LogP contribution in [-0.4, -0.2) is 14.7 Å². The van der Waals surface area contributed by atoms with E-state index in [9.17, 15) is 30.0 Å². The summed E-state index contributed by atoms with van der Waals surface area (Å²) in [7, 11) is -4.32. The van der Waals surface area contributed by atoms with Crippen LogP contribution in [0.3, 0.4) is 0 Å². The van der Waals surface area contributed by atoms with Crippen LogP contribution in [0.25, 0.3) is 0 Å². The number of phosphoric ester groups is 1. The van der Waals surface area contributed by atoms with Crippen molar-refractivity contribution >= 4 is 19.5 Å². The van der Waals surface area contributed by atoms with Crippen molar-refractivity contribution in [3.63, 3.8) is 0 Å². The van der Waals surface area contributed by atoms with Crippen molar-refractivity contribution in [3.8, 4) is 0 Å². The SMILES string of the molecule is O=[N+]([O-])c1ccc(C2O[P+]([O-])(O)OC2c2ccc([N+](=O)[O-])cc2)cc1. The van der Waals surface area contributed by atoms with Gasteiger partial charge in [-0.3, -0.25) is 20.2 Å². The highest BCUT2D eigenvalue weighted by atomic mass is 31.2. The summed E-state index contributed by atoms with van der Waals surface area (Å²) >= 11 is 0. The summed E-state index contributed by atoms with van der Waals surface area (Å²) in [5.74, 6) is 0. The van der Waals surface area contributed by atoms with Crippen LogP contribution in [0.4, 0.5) is 11.4 Å². The first-order valence-electron chi connectivity index (χ1n) is 6.95. The van der Waals surface area contributed by atoms with Gasteiger partial charge in [0.1, 0.15) is 0 Å². The zero-order chi connectivity index (χ0) is 18.2. The first-order valence-corrected chi connectivity index (χ1v) is 8.45. The average molecular weight is 366 g/mol. The Hall–Kier alpha value is -2.49. The highest BCUT2D eigenvalue weighted by molar-refractivity contribution is 7.53. The van der Waals surface area contributed by atoms with Gasteiger partial charge in [-0.1, -0.05) is 0 Å². The van der Waals surface area contributed by atoms with E-state index in [0.717, 1.165) is 0 Å². The second-order valence-electron chi connectivity index (χ2n) is 5.22. The molecule has 2 aromatic carbocycles. The highest BCUT2D eigenvalue weighted by Gasteiger charge is 2.50. The maximum Gasteiger partial charge on any atom is 0.378 e. The number of phosphoric acid groups is 1. The van der Waals surface area contributed by atoms with Crippen LogP contribution in [0.5, 0.6) is 0 Å². The van der Waals surface area contributed by atoms with E-state index in [-0.39, 0.29) is 11.4 Å². The Labute approximate surface area is 141 Å². The molecule has 1 aliphatic heterocycles. The molecule has 0 aliphatic carbocycles. The lowest BCUT2D eigenvalue weighted by atomic mass is 9.98. The molecule has 130 valence electrons. The van der Waals surface area contributed by atoms with E-state index in [1.807, 2.05) is 0 Å². The predicted molar refractivity (Wildman–Crippen MR) is 83.0 cm³/mol. The molecule has 0 amide bonds. The molecule has 1 N–H and O–H groups in total. The summed E-state index contributed by atoms with van der Waals surface area (Å²) in [5, 5.41) is 21.4. The van der Waals surface area contributed by atoms with E-state index >= 15 is 0 Å². The molecule has 11 heteroatoms. The van der Waals surface area contributed by atoms with Gasteiger partial charge in [0.2, 0.25) is 0 Å². The van der Waals surface area contributed by atoms with Gasteiger partial charge in [0, 0.05) is 24.3 Å². The van der Waals surface area contributed by atoms with Crippen LogP contribution in [0, 0.1) is 20.2 Å². The molecule has 3 rings (SSSR count). The molecular weight excluding hydrogens is 355 g/mol. The quantitative estimate of drug-likeness (QED) is 0.492. The molecular formula is C14H11N2O8P. The monoisotopic (exact) mass is 366 g/mol. The second kappa shape index (κ2) is 6.43. The summed E-state index contributed by atoms with van der Waals surface area (Å²) in [4.78, 5) is 41.8. The molecule has 0 radical (unpaired) electrons. The van der Waals surface area contributed by atoms with Crippen LogP contribution in [0.15, 0.2) is 48.5 Å². The van der Waals surface area contributed by atoms with Crippen LogP contribution in [0.1, 0.15) is 23.3 Å². The van der Waals surface area contributed by atoms with E-state index in [2.05, 4.69) is 0 Å². The smallest absolute Gasteiger partial charge is 0.378 e. The molecule has 0 saturated carbocycles. The maximum absolute atomic E-state index is 11.8. The number of hydrogen-bond donors (Lipinski definition) is 1. The highest BCUT2D eigenvalue weighted by Crippen LogP contribution is 2.65. The fourth-order valence-electron chi connectivity index (χ4n) is 2.47. The van der Waals surface area contributed by atoms with Crippen molar-refractivity contribution in [2.24, 2.45) is 0 Å². The van der Waals surface area contributed by atoms with Crippen molar-refractivity contribution in [1.82, 2.24) is 0 Å². The lowest BCUT2D eigenvalue weighted by molar-refractivity contribution is -0.385. The minimum absolute atomic E-state index is 0.137. The van der Waals surface area contributed by atoms with Gasteiger partial charge in [-0.25, -0.2) is 0 Å². The molecule has 1 heterocycles. The van der Waals surface area contributed by atoms with Crippen LogP contribution in [0.2, 0.25) is 0 Å². The zero-order valence-electron chi connectivity index (χ0n) is 12.4. The van der Waals surface area contributed by atoms with Crippen LogP contribution in [-0.2, 0) is 9.05 Å². The van der Waals surface area contributed by atoms with Gasteiger partial charge >= 0.3 is 8.17 Å². The lowest BCUT2D eigenvalue weighted by Gasteiger charge is -2.13. The summed E-state index contributed by atoms with van der Waals surface area (Å²) < 4.78 is 10.1. The van der Waals surface area contributed by atoms with Crippen molar-refractivity contribution in [2.45, 2.75) is 12.2 Å². The molecule has 1 aliphatic rings. The van der Waals surface area contributed by atoms with Gasteiger partial charge in [-0.15, -0.1) is 0 Å². The molecule has 0 bridgehead atoms. The molecule has 25 heavy (non-hydrogen) atoms. The van der Waals surface area contributed by atoms with Gasteiger partial charge in [0.25, 0.3) is 11.4 Å². The number of non-ortho nitro benzene ring substituents is 2. The van der Waals surface area contributed by atoms with E-state index in [4.69, 9.17) is 9.05 Å². The predicted octanol–water partition coefficient (Wildman–Crippen LogP) is 2.36. The average Bonchev–Trinajstić information content (AvgIpc) is 2.91. The third kappa shape index (κ3) is 3.63. The fourth-order valence-corrected chi connectivity index (χ4v) is 3.55. The third-order valence-corrected chi connectivity index (χ3v) is 4.62. The Bertz CT molecular complexity index is 741.